The maximum atomic E-state index is 11.3. The lowest BCUT2D eigenvalue weighted by atomic mass is 10.1. The van der Waals surface area contributed by atoms with Gasteiger partial charge in [0, 0.05) is 6.54 Å². The van der Waals surface area contributed by atoms with Crippen LogP contribution < -0.4 is 5.32 Å². The number of nitrogens with one attached hydrogen (secondary N) is 1. The Morgan fingerprint density at radius 2 is 2.06 bits per heavy atom. The van der Waals surface area contributed by atoms with Crippen molar-refractivity contribution in [3.63, 3.8) is 0 Å². The number of hydrogen-bond acceptors (Lipinski definition) is 5. The zero-order chi connectivity index (χ0) is 12.9. The molecule has 2 N–H and O–H groups in total. The first kappa shape index (κ1) is 14.3. The normalized spacial score (nSPS) is 22.2. The zero-order valence-electron chi connectivity index (χ0n) is 9.22. The van der Waals surface area contributed by atoms with Crippen LogP contribution in [0.1, 0.15) is 6.42 Å². The molecule has 1 atom stereocenters. The molecule has 0 saturated carbocycles. The summed E-state index contributed by atoms with van der Waals surface area (Å²) >= 11 is 1.02. The molecule has 8 heteroatoms. The lowest BCUT2D eigenvalue weighted by Gasteiger charge is -2.08. The van der Waals surface area contributed by atoms with Gasteiger partial charge in [0.05, 0.1) is 23.0 Å². The second kappa shape index (κ2) is 6.25. The summed E-state index contributed by atoms with van der Waals surface area (Å²) in [5.41, 5.74) is 0. The maximum Gasteiger partial charge on any atom is 0.313 e. The average molecular weight is 281 g/mol. The summed E-state index contributed by atoms with van der Waals surface area (Å²) < 4.78 is 22.3. The van der Waals surface area contributed by atoms with Gasteiger partial charge in [0.1, 0.15) is 0 Å². The summed E-state index contributed by atoms with van der Waals surface area (Å²) in [6.07, 6.45) is 0.588. The van der Waals surface area contributed by atoms with Crippen LogP contribution in [0.15, 0.2) is 0 Å². The Labute approximate surface area is 104 Å². The van der Waals surface area contributed by atoms with Crippen LogP contribution in [0.5, 0.6) is 0 Å². The monoisotopic (exact) mass is 281 g/mol. The van der Waals surface area contributed by atoms with Crippen LogP contribution in [-0.2, 0) is 19.4 Å². The van der Waals surface area contributed by atoms with Gasteiger partial charge in [-0.2, -0.15) is 0 Å². The second-order valence-corrected chi connectivity index (χ2v) is 7.17. The van der Waals surface area contributed by atoms with Crippen LogP contribution in [0.3, 0.4) is 0 Å². The van der Waals surface area contributed by atoms with Gasteiger partial charge in [-0.15, -0.1) is 11.8 Å². The van der Waals surface area contributed by atoms with E-state index in [1.807, 2.05) is 0 Å². The molecular weight excluding hydrogens is 266 g/mol. The molecule has 0 aromatic rings. The van der Waals surface area contributed by atoms with Crippen LogP contribution in [0.4, 0.5) is 0 Å². The predicted octanol–water partition coefficient (Wildman–Crippen LogP) is -0.645. The number of carbonyl (C=O) groups excluding carboxylic acids is 1. The molecule has 0 spiro atoms. The SMILES string of the molecule is O=C(O)CSCC(=O)NCC1CCS(=O)(=O)C1. The van der Waals surface area contributed by atoms with E-state index in [-0.39, 0.29) is 34.8 Å². The Morgan fingerprint density at radius 3 is 2.59 bits per heavy atom. The van der Waals surface area contributed by atoms with Gasteiger partial charge < -0.3 is 10.4 Å². The highest BCUT2D eigenvalue weighted by molar-refractivity contribution is 8.00. The summed E-state index contributed by atoms with van der Waals surface area (Å²) in [6, 6.07) is 0. The molecule has 98 valence electrons. The first-order chi connectivity index (χ1) is 7.89. The van der Waals surface area contributed by atoms with Crippen LogP contribution in [0, 0.1) is 5.92 Å². The van der Waals surface area contributed by atoms with E-state index in [4.69, 9.17) is 5.11 Å². The van der Waals surface area contributed by atoms with Crippen LogP contribution in [-0.4, -0.2) is 55.0 Å². The van der Waals surface area contributed by atoms with Gasteiger partial charge in [0.2, 0.25) is 5.91 Å². The van der Waals surface area contributed by atoms with E-state index < -0.39 is 15.8 Å². The smallest absolute Gasteiger partial charge is 0.313 e. The fourth-order valence-corrected chi connectivity index (χ4v) is 4.00. The van der Waals surface area contributed by atoms with Gasteiger partial charge in [-0.3, -0.25) is 9.59 Å². The van der Waals surface area contributed by atoms with E-state index in [0.29, 0.717) is 13.0 Å². The first-order valence-corrected chi connectivity index (χ1v) is 8.13. The zero-order valence-corrected chi connectivity index (χ0v) is 10.8. The summed E-state index contributed by atoms with van der Waals surface area (Å²) in [4.78, 5) is 21.5. The molecule has 17 heavy (non-hydrogen) atoms. The minimum atomic E-state index is -2.91. The Balaban J connectivity index is 2.14. The molecule has 1 saturated heterocycles. The van der Waals surface area contributed by atoms with E-state index in [0.717, 1.165) is 11.8 Å². The van der Waals surface area contributed by atoms with E-state index >= 15 is 0 Å². The van der Waals surface area contributed by atoms with Crippen LogP contribution in [0.25, 0.3) is 0 Å². The van der Waals surface area contributed by atoms with Crippen molar-refractivity contribution in [2.75, 3.05) is 29.6 Å². The summed E-state index contributed by atoms with van der Waals surface area (Å²) in [5.74, 6) is -0.896. The Morgan fingerprint density at radius 1 is 1.35 bits per heavy atom. The molecule has 0 bridgehead atoms. The second-order valence-electron chi connectivity index (χ2n) is 3.96. The third-order valence-electron chi connectivity index (χ3n) is 2.37. The van der Waals surface area contributed by atoms with Crippen molar-refractivity contribution in [2.24, 2.45) is 5.92 Å². The highest BCUT2D eigenvalue weighted by Crippen LogP contribution is 2.17. The number of carbonyl (C=O) groups is 2. The number of carboxylic acid groups (broad SMARTS) is 1. The topological polar surface area (TPSA) is 101 Å². The molecule has 0 radical (unpaired) electrons. The number of sulfone groups is 1. The average Bonchev–Trinajstić information content (AvgIpc) is 2.55. The van der Waals surface area contributed by atoms with Crippen molar-refractivity contribution in [1.82, 2.24) is 5.32 Å². The molecule has 0 aromatic carbocycles. The number of rotatable bonds is 6. The van der Waals surface area contributed by atoms with Gasteiger partial charge in [0.25, 0.3) is 0 Å². The van der Waals surface area contributed by atoms with E-state index in [9.17, 15) is 18.0 Å². The van der Waals surface area contributed by atoms with Gasteiger partial charge in [-0.25, -0.2) is 8.42 Å². The predicted molar refractivity (Wildman–Crippen MR) is 64.7 cm³/mol. The minimum absolute atomic E-state index is 0.00609. The van der Waals surface area contributed by atoms with Crippen molar-refractivity contribution < 1.29 is 23.1 Å². The van der Waals surface area contributed by atoms with E-state index in [2.05, 4.69) is 5.32 Å². The van der Waals surface area contributed by atoms with Crippen molar-refractivity contribution >= 4 is 33.5 Å². The summed E-state index contributed by atoms with van der Waals surface area (Å²) in [5, 5.41) is 11.0. The Bertz CT molecular complexity index is 392. The highest BCUT2D eigenvalue weighted by Gasteiger charge is 2.27. The third-order valence-corrected chi connectivity index (χ3v) is 5.13. The first-order valence-electron chi connectivity index (χ1n) is 5.16. The van der Waals surface area contributed by atoms with Gasteiger partial charge in [-0.1, -0.05) is 0 Å². The number of aliphatic carboxylic acids is 1. The van der Waals surface area contributed by atoms with Crippen molar-refractivity contribution in [3.05, 3.63) is 0 Å². The van der Waals surface area contributed by atoms with Crippen LogP contribution in [0.2, 0.25) is 0 Å². The Hall–Kier alpha value is -0.760. The van der Waals surface area contributed by atoms with Crippen molar-refractivity contribution in [1.29, 1.82) is 0 Å². The van der Waals surface area contributed by atoms with Gasteiger partial charge >= 0.3 is 5.97 Å². The fraction of sp³-hybridized carbons (Fsp3) is 0.778. The quantitative estimate of drug-likeness (QED) is 0.671. The lowest BCUT2D eigenvalue weighted by Crippen LogP contribution is -2.31. The summed E-state index contributed by atoms with van der Waals surface area (Å²) in [7, 11) is -2.91. The van der Waals surface area contributed by atoms with E-state index in [1.54, 1.807) is 0 Å². The molecule has 1 amide bonds. The molecule has 1 rings (SSSR count). The van der Waals surface area contributed by atoms with Crippen molar-refractivity contribution in [2.45, 2.75) is 6.42 Å². The molecule has 6 nitrogen and oxygen atoms in total. The maximum absolute atomic E-state index is 11.3. The molecular formula is C9H15NO5S2. The van der Waals surface area contributed by atoms with E-state index in [1.165, 1.54) is 0 Å². The largest absolute Gasteiger partial charge is 0.481 e. The standard InChI is InChI=1S/C9H15NO5S2/c11-8(4-16-5-9(12)13)10-3-7-1-2-17(14,15)6-7/h7H,1-6H2,(H,10,11)(H,12,13). The molecule has 1 unspecified atom stereocenters. The lowest BCUT2D eigenvalue weighted by molar-refractivity contribution is -0.133. The minimum Gasteiger partial charge on any atom is -0.481 e. The van der Waals surface area contributed by atoms with Gasteiger partial charge in [-0.05, 0) is 12.3 Å². The summed E-state index contributed by atoms with van der Waals surface area (Å²) in [6.45, 7) is 0.353. The molecule has 1 fully saturated rings. The highest BCUT2D eigenvalue weighted by atomic mass is 32.2. The van der Waals surface area contributed by atoms with Crippen molar-refractivity contribution in [3.8, 4) is 0 Å². The number of amides is 1. The number of carboxylic acids is 1. The third kappa shape index (κ3) is 5.92. The molecule has 1 aliphatic heterocycles. The van der Waals surface area contributed by atoms with Gasteiger partial charge in [0.15, 0.2) is 9.84 Å². The molecule has 1 aliphatic rings. The van der Waals surface area contributed by atoms with Crippen LogP contribution >= 0.6 is 11.8 Å². The molecule has 1 heterocycles. The number of thioether (sulfide) groups is 1. The Kier molecular flexibility index (Phi) is 5.26. The fourth-order valence-electron chi connectivity index (χ4n) is 1.57. The molecule has 0 aliphatic carbocycles. The number of hydrogen-bond donors (Lipinski definition) is 2. The molecule has 0 aromatic heterocycles.